The SMILES string of the molecule is N#Cc1cc(I)c(C(F)F)nc1Cl. The third-order valence-corrected chi connectivity index (χ3v) is 2.44. The van der Waals surface area contributed by atoms with Crippen molar-refractivity contribution in [1.82, 2.24) is 4.98 Å². The Kier molecular flexibility index (Phi) is 3.39. The molecule has 0 unspecified atom stereocenters. The van der Waals surface area contributed by atoms with E-state index in [2.05, 4.69) is 4.98 Å². The first-order chi connectivity index (χ1) is 6.06. The molecule has 0 spiro atoms. The lowest BCUT2D eigenvalue weighted by Crippen LogP contribution is -1.96. The molecule has 1 rings (SSSR count). The molecule has 0 N–H and O–H groups in total. The molecule has 6 heteroatoms. The zero-order valence-corrected chi connectivity index (χ0v) is 8.97. The number of nitriles is 1. The monoisotopic (exact) mass is 314 g/mol. The molecule has 0 bridgehead atoms. The normalized spacial score (nSPS) is 10.2. The van der Waals surface area contributed by atoms with E-state index in [1.807, 2.05) is 0 Å². The first-order valence-electron chi connectivity index (χ1n) is 3.10. The van der Waals surface area contributed by atoms with Crippen LogP contribution in [-0.2, 0) is 0 Å². The molecule has 1 aromatic rings. The van der Waals surface area contributed by atoms with Gasteiger partial charge in [0.1, 0.15) is 16.9 Å². The summed E-state index contributed by atoms with van der Waals surface area (Å²) in [5, 5.41) is 8.32. The van der Waals surface area contributed by atoms with Crippen LogP contribution in [0.3, 0.4) is 0 Å². The minimum Gasteiger partial charge on any atom is -0.233 e. The number of nitrogens with zero attached hydrogens (tertiary/aromatic N) is 2. The molecule has 1 aromatic heterocycles. The van der Waals surface area contributed by atoms with Gasteiger partial charge in [-0.3, -0.25) is 0 Å². The van der Waals surface area contributed by atoms with Gasteiger partial charge in [-0.05, 0) is 28.7 Å². The van der Waals surface area contributed by atoms with Crippen LogP contribution in [0.2, 0.25) is 5.15 Å². The average molecular weight is 314 g/mol. The first kappa shape index (κ1) is 10.6. The fraction of sp³-hybridized carbons (Fsp3) is 0.143. The van der Waals surface area contributed by atoms with Crippen molar-refractivity contribution in [2.75, 3.05) is 0 Å². The van der Waals surface area contributed by atoms with E-state index in [0.717, 1.165) is 0 Å². The summed E-state index contributed by atoms with van der Waals surface area (Å²) in [6, 6.07) is 3.05. The predicted octanol–water partition coefficient (Wildman–Crippen LogP) is 3.15. The third-order valence-electron chi connectivity index (χ3n) is 1.28. The van der Waals surface area contributed by atoms with Crippen molar-refractivity contribution >= 4 is 34.2 Å². The summed E-state index contributed by atoms with van der Waals surface area (Å²) in [4.78, 5) is 3.43. The fourth-order valence-corrected chi connectivity index (χ4v) is 1.57. The van der Waals surface area contributed by atoms with E-state index in [4.69, 9.17) is 16.9 Å². The van der Waals surface area contributed by atoms with Gasteiger partial charge in [0.15, 0.2) is 0 Å². The largest absolute Gasteiger partial charge is 0.281 e. The van der Waals surface area contributed by atoms with Crippen molar-refractivity contribution in [3.63, 3.8) is 0 Å². The van der Waals surface area contributed by atoms with Crippen molar-refractivity contribution < 1.29 is 8.78 Å². The Hall–Kier alpha value is -0.480. The Labute approximate surface area is 91.7 Å². The molecule has 0 radical (unpaired) electrons. The van der Waals surface area contributed by atoms with Crippen LogP contribution in [-0.4, -0.2) is 4.98 Å². The number of rotatable bonds is 1. The molecule has 0 aliphatic heterocycles. The van der Waals surface area contributed by atoms with E-state index in [1.54, 1.807) is 28.7 Å². The number of aromatic nitrogens is 1. The summed E-state index contributed by atoms with van der Waals surface area (Å²) in [5.74, 6) is 0. The van der Waals surface area contributed by atoms with Crippen LogP contribution in [0.15, 0.2) is 6.07 Å². The van der Waals surface area contributed by atoms with E-state index in [0.29, 0.717) is 0 Å². The Morgan fingerprint density at radius 1 is 1.62 bits per heavy atom. The third kappa shape index (κ3) is 2.25. The van der Waals surface area contributed by atoms with E-state index in [-0.39, 0.29) is 20.0 Å². The summed E-state index contributed by atoms with van der Waals surface area (Å²) in [6.07, 6.45) is -2.67. The highest BCUT2D eigenvalue weighted by Crippen LogP contribution is 2.26. The molecule has 13 heavy (non-hydrogen) atoms. The molecule has 68 valence electrons. The maximum Gasteiger partial charge on any atom is 0.281 e. The molecule has 0 aliphatic rings. The zero-order valence-electron chi connectivity index (χ0n) is 6.06. The molecule has 0 aliphatic carbocycles. The molecule has 0 amide bonds. The van der Waals surface area contributed by atoms with Gasteiger partial charge in [-0.1, -0.05) is 11.6 Å². The van der Waals surface area contributed by atoms with Crippen LogP contribution in [0.25, 0.3) is 0 Å². The van der Waals surface area contributed by atoms with Crippen molar-refractivity contribution in [1.29, 1.82) is 5.26 Å². The predicted molar refractivity (Wildman–Crippen MR) is 51.6 cm³/mol. The lowest BCUT2D eigenvalue weighted by molar-refractivity contribution is 0.145. The minimum atomic E-state index is -2.67. The Morgan fingerprint density at radius 2 is 2.23 bits per heavy atom. The van der Waals surface area contributed by atoms with Crippen LogP contribution in [0.1, 0.15) is 17.7 Å². The maximum absolute atomic E-state index is 12.2. The van der Waals surface area contributed by atoms with Gasteiger partial charge in [-0.25, -0.2) is 13.8 Å². The summed E-state index contributed by atoms with van der Waals surface area (Å²) in [6.45, 7) is 0. The van der Waals surface area contributed by atoms with Crippen molar-refractivity contribution in [2.24, 2.45) is 0 Å². The summed E-state index contributed by atoms with van der Waals surface area (Å²) in [7, 11) is 0. The molecule has 1 heterocycles. The molecule has 0 saturated heterocycles. The van der Waals surface area contributed by atoms with Gasteiger partial charge < -0.3 is 0 Å². The Bertz CT molecular complexity index is 375. The standard InChI is InChI=1S/C7H2ClF2IN2/c8-6-3(2-12)1-4(11)5(13-6)7(9)10/h1,7H. The van der Waals surface area contributed by atoms with E-state index >= 15 is 0 Å². The quantitative estimate of drug-likeness (QED) is 0.590. The molecule has 0 atom stereocenters. The minimum absolute atomic E-state index is 0.107. The lowest BCUT2D eigenvalue weighted by atomic mass is 10.3. The Morgan fingerprint density at radius 3 is 2.69 bits per heavy atom. The maximum atomic E-state index is 12.2. The second-order valence-corrected chi connectivity index (χ2v) is 3.63. The number of hydrogen-bond acceptors (Lipinski definition) is 2. The summed E-state index contributed by atoms with van der Waals surface area (Å²) >= 11 is 7.16. The van der Waals surface area contributed by atoms with E-state index in [1.165, 1.54) is 6.07 Å². The van der Waals surface area contributed by atoms with E-state index < -0.39 is 6.43 Å². The number of alkyl halides is 2. The van der Waals surface area contributed by atoms with Crippen LogP contribution in [0.5, 0.6) is 0 Å². The average Bonchev–Trinajstić information content (AvgIpc) is 2.07. The molecule has 0 aromatic carbocycles. The smallest absolute Gasteiger partial charge is 0.233 e. The second kappa shape index (κ2) is 4.15. The lowest BCUT2D eigenvalue weighted by Gasteiger charge is -2.03. The van der Waals surface area contributed by atoms with Gasteiger partial charge in [0.25, 0.3) is 6.43 Å². The second-order valence-electron chi connectivity index (χ2n) is 2.11. The van der Waals surface area contributed by atoms with Crippen molar-refractivity contribution in [3.8, 4) is 6.07 Å². The first-order valence-corrected chi connectivity index (χ1v) is 4.56. The fourth-order valence-electron chi connectivity index (χ4n) is 0.711. The molecule has 0 saturated carbocycles. The zero-order chi connectivity index (χ0) is 10.0. The summed E-state index contributed by atoms with van der Waals surface area (Å²) in [5.41, 5.74) is -0.278. The van der Waals surface area contributed by atoms with Gasteiger partial charge >= 0.3 is 0 Å². The van der Waals surface area contributed by atoms with Crippen molar-refractivity contribution in [3.05, 3.63) is 26.0 Å². The molecular formula is C7H2ClF2IN2. The number of halogens is 4. The number of hydrogen-bond donors (Lipinski definition) is 0. The van der Waals surface area contributed by atoms with Gasteiger partial charge in [0.05, 0.1) is 5.56 Å². The van der Waals surface area contributed by atoms with E-state index in [9.17, 15) is 8.78 Å². The van der Waals surface area contributed by atoms with Gasteiger partial charge in [-0.15, -0.1) is 0 Å². The highest BCUT2D eigenvalue weighted by Gasteiger charge is 2.16. The highest BCUT2D eigenvalue weighted by atomic mass is 127. The van der Waals surface area contributed by atoms with Crippen LogP contribution < -0.4 is 0 Å². The highest BCUT2D eigenvalue weighted by molar-refractivity contribution is 14.1. The Balaban J connectivity index is 3.31. The van der Waals surface area contributed by atoms with Gasteiger partial charge in [-0.2, -0.15) is 5.26 Å². The topological polar surface area (TPSA) is 36.7 Å². The van der Waals surface area contributed by atoms with Crippen molar-refractivity contribution in [2.45, 2.75) is 6.43 Å². The molecule has 0 fully saturated rings. The molecule has 2 nitrogen and oxygen atoms in total. The van der Waals surface area contributed by atoms with Gasteiger partial charge in [0.2, 0.25) is 0 Å². The van der Waals surface area contributed by atoms with Crippen LogP contribution >= 0.6 is 34.2 Å². The van der Waals surface area contributed by atoms with Crippen LogP contribution in [0.4, 0.5) is 8.78 Å². The molecular weight excluding hydrogens is 312 g/mol. The number of pyridine rings is 1. The van der Waals surface area contributed by atoms with Crippen LogP contribution in [0, 0.1) is 14.9 Å². The van der Waals surface area contributed by atoms with Gasteiger partial charge in [0, 0.05) is 3.57 Å². The summed E-state index contributed by atoms with van der Waals surface area (Å²) < 4.78 is 24.7.